The topological polar surface area (TPSA) is 109 Å². The zero-order chi connectivity index (χ0) is 23.8. The lowest BCUT2D eigenvalue weighted by Gasteiger charge is -2.29. The van der Waals surface area contributed by atoms with Crippen molar-refractivity contribution in [1.82, 2.24) is 20.6 Å². The molecule has 8 nitrogen and oxygen atoms in total. The van der Waals surface area contributed by atoms with E-state index in [1.54, 1.807) is 12.3 Å². The van der Waals surface area contributed by atoms with E-state index in [4.69, 9.17) is 9.47 Å². The molecule has 1 aliphatic carbocycles. The van der Waals surface area contributed by atoms with Gasteiger partial charge in [-0.3, -0.25) is 9.78 Å². The Morgan fingerprint density at radius 3 is 2.77 bits per heavy atom. The van der Waals surface area contributed by atoms with Gasteiger partial charge in [-0.1, -0.05) is 0 Å². The molecular weight excluding hydrogens is 475 g/mol. The number of H-pyrrole nitrogens is 1. The first-order valence-corrected chi connectivity index (χ1v) is 11.6. The number of ether oxygens (including phenoxy) is 2. The van der Waals surface area contributed by atoms with Crippen LogP contribution in [0.5, 0.6) is 11.5 Å². The molecule has 0 spiro atoms. The van der Waals surface area contributed by atoms with Gasteiger partial charge < -0.3 is 30.2 Å². The third-order valence-corrected chi connectivity index (χ3v) is 6.58. The maximum Gasteiger partial charge on any atom is 0.255 e. The lowest BCUT2D eigenvalue weighted by Crippen LogP contribution is -2.52. The van der Waals surface area contributed by atoms with Crippen molar-refractivity contribution in [3.05, 3.63) is 41.5 Å². The van der Waals surface area contributed by atoms with Crippen LogP contribution in [0.4, 0.5) is 4.39 Å². The minimum atomic E-state index is -0.649. The second-order valence-electron chi connectivity index (χ2n) is 9.08. The van der Waals surface area contributed by atoms with E-state index in [-0.39, 0.29) is 30.1 Å². The van der Waals surface area contributed by atoms with E-state index >= 15 is 0 Å². The predicted molar refractivity (Wildman–Crippen MR) is 133 cm³/mol. The maximum atomic E-state index is 14.5. The van der Waals surface area contributed by atoms with E-state index in [0.717, 1.165) is 24.9 Å². The molecule has 10 heteroatoms. The number of aliphatic hydroxyl groups is 1. The van der Waals surface area contributed by atoms with Crippen molar-refractivity contribution in [2.24, 2.45) is 5.92 Å². The van der Waals surface area contributed by atoms with Crippen LogP contribution in [-0.4, -0.2) is 59.9 Å². The van der Waals surface area contributed by atoms with Gasteiger partial charge in [-0.05, 0) is 50.8 Å². The molecule has 1 saturated carbocycles. The molecule has 5 rings (SSSR count). The summed E-state index contributed by atoms with van der Waals surface area (Å²) in [5, 5.41) is 16.3. The largest absolute Gasteiger partial charge is 0.494 e. The van der Waals surface area contributed by atoms with Gasteiger partial charge in [0.1, 0.15) is 11.3 Å². The van der Waals surface area contributed by atoms with Crippen LogP contribution >= 0.6 is 12.4 Å². The van der Waals surface area contributed by atoms with Crippen molar-refractivity contribution in [3.8, 4) is 22.6 Å². The Hall–Kier alpha value is -2.88. The van der Waals surface area contributed by atoms with Crippen LogP contribution in [0.15, 0.2) is 24.4 Å². The number of halogens is 2. The molecule has 1 aromatic carbocycles. The number of fused-ring (bicyclic) bond motifs is 1. The van der Waals surface area contributed by atoms with E-state index in [2.05, 4.69) is 20.6 Å². The fraction of sp³-hybridized carbons (Fsp3) is 0.440. The van der Waals surface area contributed by atoms with Crippen LogP contribution in [0, 0.1) is 18.7 Å². The fourth-order valence-corrected chi connectivity index (χ4v) is 4.47. The molecule has 2 aliphatic rings. The van der Waals surface area contributed by atoms with Crippen molar-refractivity contribution >= 4 is 29.3 Å². The standard InChI is InChI=1S/C25H29FN4O4.ClH/c1-13-22(25(32)30-18-6-7-27-11-19(18)31)24-23(29-13)15(5-8-28-24)16-9-21(33-2)17(26)10-20(16)34-12-14-3-4-14;/h5,8-10,14,18-19,27,29,31H,3-4,6-7,11-12H2,1-2H3,(H,30,32);1H/t18-,19-;/m1./s1. The lowest BCUT2D eigenvalue weighted by atomic mass is 10.0. The summed E-state index contributed by atoms with van der Waals surface area (Å²) in [6, 6.07) is 4.45. The number of nitrogens with one attached hydrogen (secondary N) is 3. The number of amides is 1. The summed E-state index contributed by atoms with van der Waals surface area (Å²) < 4.78 is 25.7. The summed E-state index contributed by atoms with van der Waals surface area (Å²) in [6.45, 7) is 3.52. The molecule has 0 radical (unpaired) electrons. The summed E-state index contributed by atoms with van der Waals surface area (Å²) in [5.74, 6) is 0.254. The van der Waals surface area contributed by atoms with Crippen LogP contribution in [0.2, 0.25) is 0 Å². The van der Waals surface area contributed by atoms with E-state index < -0.39 is 11.9 Å². The monoisotopic (exact) mass is 504 g/mol. The second kappa shape index (κ2) is 10.4. The molecule has 1 saturated heterocycles. The number of β-amino-alcohol motifs (C(OH)–C–C–N with tert-alkyl or cyclic N) is 1. The average molecular weight is 505 g/mol. The minimum absolute atomic E-state index is 0. The third kappa shape index (κ3) is 5.07. The number of methoxy groups -OCH3 is 1. The number of aliphatic hydroxyl groups excluding tert-OH is 1. The van der Waals surface area contributed by atoms with Crippen molar-refractivity contribution in [2.45, 2.75) is 38.3 Å². The molecule has 2 atom stereocenters. The Bertz CT molecular complexity index is 1230. The van der Waals surface area contributed by atoms with Crippen molar-refractivity contribution in [2.75, 3.05) is 26.8 Å². The average Bonchev–Trinajstić information content (AvgIpc) is 3.59. The Labute approximate surface area is 209 Å². The van der Waals surface area contributed by atoms with Gasteiger partial charge in [-0.25, -0.2) is 4.39 Å². The number of rotatable bonds is 7. The highest BCUT2D eigenvalue weighted by Crippen LogP contribution is 2.40. The molecular formula is C25H30ClFN4O4. The van der Waals surface area contributed by atoms with Crippen molar-refractivity contribution in [1.29, 1.82) is 0 Å². The van der Waals surface area contributed by atoms with Gasteiger partial charge in [0.05, 0.1) is 36.9 Å². The molecule has 2 fully saturated rings. The quantitative estimate of drug-likeness (QED) is 0.393. The highest BCUT2D eigenvalue weighted by Gasteiger charge is 2.28. The summed E-state index contributed by atoms with van der Waals surface area (Å²) in [6.07, 6.45) is 3.86. The van der Waals surface area contributed by atoms with E-state index in [0.29, 0.717) is 59.1 Å². The normalized spacial score (nSPS) is 19.8. The number of hydrogen-bond acceptors (Lipinski definition) is 6. The first-order valence-electron chi connectivity index (χ1n) is 11.6. The minimum Gasteiger partial charge on any atom is -0.494 e. The fourth-order valence-electron chi connectivity index (χ4n) is 4.47. The van der Waals surface area contributed by atoms with E-state index in [1.165, 1.54) is 13.2 Å². The van der Waals surface area contributed by atoms with Gasteiger partial charge in [-0.15, -0.1) is 12.4 Å². The molecule has 3 aromatic rings. The molecule has 1 amide bonds. The van der Waals surface area contributed by atoms with Gasteiger partial charge in [0, 0.05) is 35.6 Å². The smallest absolute Gasteiger partial charge is 0.255 e. The van der Waals surface area contributed by atoms with Gasteiger partial charge in [0.15, 0.2) is 11.6 Å². The molecule has 3 heterocycles. The van der Waals surface area contributed by atoms with Crippen molar-refractivity contribution in [3.63, 3.8) is 0 Å². The summed E-state index contributed by atoms with van der Waals surface area (Å²) in [7, 11) is 1.42. The molecule has 188 valence electrons. The van der Waals surface area contributed by atoms with E-state index in [1.807, 2.05) is 13.0 Å². The lowest BCUT2D eigenvalue weighted by molar-refractivity contribution is 0.0766. The predicted octanol–water partition coefficient (Wildman–Crippen LogP) is 3.35. The highest BCUT2D eigenvalue weighted by molar-refractivity contribution is 6.09. The van der Waals surface area contributed by atoms with E-state index in [9.17, 15) is 14.3 Å². The SMILES string of the molecule is COc1cc(-c2ccnc3c(C(=O)N[C@@H]4CCNC[C@H]4O)c(C)[nH]c23)c(OCC2CC2)cc1F.Cl. The zero-order valence-electron chi connectivity index (χ0n) is 19.7. The van der Waals surface area contributed by atoms with Crippen LogP contribution in [0.25, 0.3) is 22.2 Å². The third-order valence-electron chi connectivity index (χ3n) is 6.58. The Balaban J connectivity index is 0.00000289. The number of nitrogens with zero attached hydrogens (tertiary/aromatic N) is 1. The van der Waals surface area contributed by atoms with Gasteiger partial charge in [-0.2, -0.15) is 0 Å². The number of aromatic amines is 1. The van der Waals surface area contributed by atoms with Crippen LogP contribution < -0.4 is 20.1 Å². The van der Waals surface area contributed by atoms with Gasteiger partial charge in [0.25, 0.3) is 5.91 Å². The first-order chi connectivity index (χ1) is 16.5. The number of pyridine rings is 1. The molecule has 0 unspecified atom stereocenters. The number of carbonyl (C=O) groups is 1. The maximum absolute atomic E-state index is 14.5. The Kier molecular flexibility index (Phi) is 7.49. The zero-order valence-corrected chi connectivity index (χ0v) is 20.5. The second-order valence-corrected chi connectivity index (χ2v) is 9.08. The number of benzene rings is 1. The Morgan fingerprint density at radius 1 is 1.26 bits per heavy atom. The number of aryl methyl sites for hydroxylation is 1. The van der Waals surface area contributed by atoms with Crippen LogP contribution in [-0.2, 0) is 0 Å². The summed E-state index contributed by atoms with van der Waals surface area (Å²) in [4.78, 5) is 21.0. The highest BCUT2D eigenvalue weighted by atomic mass is 35.5. The Morgan fingerprint density at radius 2 is 2.06 bits per heavy atom. The first kappa shape index (κ1) is 25.2. The van der Waals surface area contributed by atoms with Crippen LogP contribution in [0.3, 0.4) is 0 Å². The van der Waals surface area contributed by atoms with Crippen LogP contribution in [0.1, 0.15) is 35.3 Å². The number of carbonyl (C=O) groups excluding carboxylic acids is 1. The molecule has 2 aromatic heterocycles. The number of hydrogen-bond donors (Lipinski definition) is 4. The molecule has 4 N–H and O–H groups in total. The summed E-state index contributed by atoms with van der Waals surface area (Å²) >= 11 is 0. The summed E-state index contributed by atoms with van der Waals surface area (Å²) in [5.41, 5.74) is 3.64. The van der Waals surface area contributed by atoms with Gasteiger partial charge in [0.2, 0.25) is 0 Å². The number of piperidine rings is 1. The number of aromatic nitrogens is 2. The molecule has 35 heavy (non-hydrogen) atoms. The van der Waals surface area contributed by atoms with Gasteiger partial charge >= 0.3 is 0 Å². The molecule has 1 aliphatic heterocycles. The van der Waals surface area contributed by atoms with Crippen molar-refractivity contribution < 1.29 is 23.8 Å². The molecule has 0 bridgehead atoms.